The highest BCUT2D eigenvalue weighted by molar-refractivity contribution is 8.13. The minimum absolute atomic E-state index is 0.130. The standard InChI is InChI=1S/C11H13ClN2O2S/c1-7(2)13-11-6-8-5-9(17(12,15)16)3-4-10(8)14-11/h3-5,7H,6H2,1-2H3,(H,13,14). The largest absolute Gasteiger partial charge is 0.344 e. The van der Waals surface area contributed by atoms with Crippen LogP contribution < -0.4 is 5.32 Å². The van der Waals surface area contributed by atoms with Gasteiger partial charge in [-0.1, -0.05) is 0 Å². The third kappa shape index (κ3) is 2.79. The molecule has 1 aliphatic heterocycles. The first-order valence-electron chi connectivity index (χ1n) is 5.27. The van der Waals surface area contributed by atoms with E-state index in [1.807, 2.05) is 13.8 Å². The van der Waals surface area contributed by atoms with Crippen LogP contribution in [0.5, 0.6) is 0 Å². The van der Waals surface area contributed by atoms with E-state index in [0.29, 0.717) is 6.42 Å². The van der Waals surface area contributed by atoms with E-state index in [2.05, 4.69) is 10.3 Å². The number of anilines is 1. The molecule has 6 heteroatoms. The molecular weight excluding hydrogens is 260 g/mol. The Bertz CT molecular complexity index is 579. The molecular formula is C11H13ClN2O2S. The lowest BCUT2D eigenvalue weighted by molar-refractivity contribution is 0.609. The maximum Gasteiger partial charge on any atom is 0.261 e. The van der Waals surface area contributed by atoms with Gasteiger partial charge in [-0.3, -0.25) is 4.99 Å². The summed E-state index contributed by atoms with van der Waals surface area (Å²) in [6.45, 7) is 3.98. The fourth-order valence-corrected chi connectivity index (χ4v) is 2.56. The molecule has 0 spiro atoms. The molecule has 0 fully saturated rings. The second-order valence-electron chi connectivity index (χ2n) is 4.23. The molecule has 0 atom stereocenters. The Hall–Kier alpha value is -1.07. The van der Waals surface area contributed by atoms with Crippen LogP contribution in [0.15, 0.2) is 28.1 Å². The molecule has 1 N–H and O–H groups in total. The predicted octanol–water partition coefficient (Wildman–Crippen LogP) is 2.39. The Morgan fingerprint density at radius 1 is 1.41 bits per heavy atom. The highest BCUT2D eigenvalue weighted by Gasteiger charge is 2.19. The molecule has 4 nitrogen and oxygen atoms in total. The Morgan fingerprint density at radius 2 is 2.12 bits per heavy atom. The van der Waals surface area contributed by atoms with Gasteiger partial charge in [-0.15, -0.1) is 0 Å². The Labute approximate surface area is 105 Å². The second-order valence-corrected chi connectivity index (χ2v) is 6.79. The number of fused-ring (bicyclic) bond motifs is 1. The zero-order chi connectivity index (χ0) is 12.6. The lowest BCUT2D eigenvalue weighted by Gasteiger charge is -2.01. The monoisotopic (exact) mass is 272 g/mol. The topological polar surface area (TPSA) is 58.5 Å². The second kappa shape index (κ2) is 4.31. The van der Waals surface area contributed by atoms with Crippen LogP contribution in [0.1, 0.15) is 19.4 Å². The number of hydrogen-bond acceptors (Lipinski definition) is 3. The van der Waals surface area contributed by atoms with Crippen molar-refractivity contribution in [1.82, 2.24) is 0 Å². The van der Waals surface area contributed by atoms with Crippen molar-refractivity contribution < 1.29 is 8.42 Å². The SMILES string of the molecule is CC(C)N=C1Cc2cc(S(=O)(=O)Cl)ccc2N1. The number of nitrogens with zero attached hydrogens (tertiary/aromatic N) is 1. The lowest BCUT2D eigenvalue weighted by atomic mass is 10.2. The molecule has 92 valence electrons. The fraction of sp³-hybridized carbons (Fsp3) is 0.364. The molecule has 0 unspecified atom stereocenters. The molecule has 0 aromatic heterocycles. The van der Waals surface area contributed by atoms with E-state index in [9.17, 15) is 8.42 Å². The van der Waals surface area contributed by atoms with Crippen molar-refractivity contribution in [2.45, 2.75) is 31.2 Å². The van der Waals surface area contributed by atoms with E-state index in [0.717, 1.165) is 17.1 Å². The van der Waals surface area contributed by atoms with Gasteiger partial charge in [0.05, 0.1) is 4.90 Å². The van der Waals surface area contributed by atoms with Crippen molar-refractivity contribution in [2.75, 3.05) is 5.32 Å². The number of benzene rings is 1. The summed E-state index contributed by atoms with van der Waals surface area (Å²) in [6, 6.07) is 5.01. The molecule has 1 heterocycles. The lowest BCUT2D eigenvalue weighted by Crippen LogP contribution is -2.09. The number of rotatable bonds is 2. The molecule has 0 saturated carbocycles. The molecule has 1 aromatic rings. The highest BCUT2D eigenvalue weighted by Crippen LogP contribution is 2.27. The van der Waals surface area contributed by atoms with Crippen LogP contribution in [0.25, 0.3) is 0 Å². The van der Waals surface area contributed by atoms with Crippen LogP contribution >= 0.6 is 10.7 Å². The number of nitrogens with one attached hydrogen (secondary N) is 1. The van der Waals surface area contributed by atoms with Crippen LogP contribution in [-0.4, -0.2) is 20.3 Å². The molecule has 1 aliphatic rings. The molecule has 0 radical (unpaired) electrons. The zero-order valence-electron chi connectivity index (χ0n) is 9.57. The van der Waals surface area contributed by atoms with Crippen molar-refractivity contribution in [2.24, 2.45) is 4.99 Å². The van der Waals surface area contributed by atoms with E-state index in [-0.39, 0.29) is 10.9 Å². The van der Waals surface area contributed by atoms with E-state index in [4.69, 9.17) is 10.7 Å². The Morgan fingerprint density at radius 3 is 2.71 bits per heavy atom. The van der Waals surface area contributed by atoms with Crippen LogP contribution in [0, 0.1) is 0 Å². The molecule has 1 aromatic carbocycles. The molecule has 0 amide bonds. The van der Waals surface area contributed by atoms with E-state index < -0.39 is 9.05 Å². The highest BCUT2D eigenvalue weighted by atomic mass is 35.7. The third-order valence-corrected chi connectivity index (χ3v) is 3.76. The van der Waals surface area contributed by atoms with E-state index in [1.54, 1.807) is 12.1 Å². The molecule has 0 bridgehead atoms. The summed E-state index contributed by atoms with van der Waals surface area (Å²) in [5.74, 6) is 0.860. The average molecular weight is 273 g/mol. The first kappa shape index (κ1) is 12.4. The van der Waals surface area contributed by atoms with Gasteiger partial charge in [-0.05, 0) is 37.6 Å². The number of hydrogen-bond donors (Lipinski definition) is 1. The van der Waals surface area contributed by atoms with Gasteiger partial charge in [0.1, 0.15) is 5.84 Å². The van der Waals surface area contributed by atoms with Gasteiger partial charge in [0.15, 0.2) is 0 Å². The number of amidine groups is 1. The van der Waals surface area contributed by atoms with E-state index >= 15 is 0 Å². The summed E-state index contributed by atoms with van der Waals surface area (Å²) in [5.41, 5.74) is 1.81. The van der Waals surface area contributed by atoms with Gasteiger partial charge >= 0.3 is 0 Å². The molecule has 2 rings (SSSR count). The third-order valence-electron chi connectivity index (χ3n) is 2.41. The number of aliphatic imine (C=N–C) groups is 1. The van der Waals surface area contributed by atoms with Crippen molar-refractivity contribution in [3.05, 3.63) is 23.8 Å². The minimum atomic E-state index is -3.66. The maximum absolute atomic E-state index is 11.2. The van der Waals surface area contributed by atoms with Crippen LogP contribution in [-0.2, 0) is 15.5 Å². The summed E-state index contributed by atoms with van der Waals surface area (Å²) >= 11 is 0. The molecule has 0 saturated heterocycles. The summed E-state index contributed by atoms with van der Waals surface area (Å²) in [5, 5.41) is 3.16. The predicted molar refractivity (Wildman–Crippen MR) is 69.4 cm³/mol. The quantitative estimate of drug-likeness (QED) is 0.841. The summed E-state index contributed by atoms with van der Waals surface area (Å²) in [6.07, 6.45) is 0.619. The maximum atomic E-state index is 11.2. The van der Waals surface area contributed by atoms with Crippen molar-refractivity contribution in [3.8, 4) is 0 Å². The molecule has 0 aliphatic carbocycles. The summed E-state index contributed by atoms with van der Waals surface area (Å²) in [4.78, 5) is 4.54. The smallest absolute Gasteiger partial charge is 0.261 e. The van der Waals surface area contributed by atoms with Crippen LogP contribution in [0.3, 0.4) is 0 Å². The van der Waals surface area contributed by atoms with Gasteiger partial charge < -0.3 is 5.32 Å². The number of halogens is 1. The first-order valence-corrected chi connectivity index (χ1v) is 7.58. The van der Waals surface area contributed by atoms with Crippen molar-refractivity contribution in [1.29, 1.82) is 0 Å². The Balaban J connectivity index is 2.35. The fourth-order valence-electron chi connectivity index (χ4n) is 1.76. The first-order chi connectivity index (χ1) is 7.86. The Kier molecular flexibility index (Phi) is 3.14. The summed E-state index contributed by atoms with van der Waals surface area (Å²) in [7, 11) is 1.64. The normalized spacial score (nSPS) is 17.3. The van der Waals surface area contributed by atoms with Gasteiger partial charge in [0, 0.05) is 28.8 Å². The summed E-state index contributed by atoms with van der Waals surface area (Å²) < 4.78 is 22.4. The molecule has 17 heavy (non-hydrogen) atoms. The zero-order valence-corrected chi connectivity index (χ0v) is 11.1. The average Bonchev–Trinajstić information content (AvgIpc) is 2.55. The van der Waals surface area contributed by atoms with Crippen molar-refractivity contribution in [3.63, 3.8) is 0 Å². The van der Waals surface area contributed by atoms with Gasteiger partial charge in [-0.25, -0.2) is 8.42 Å². The van der Waals surface area contributed by atoms with Gasteiger partial charge in [0.2, 0.25) is 0 Å². The van der Waals surface area contributed by atoms with Gasteiger partial charge in [0.25, 0.3) is 9.05 Å². The van der Waals surface area contributed by atoms with Crippen LogP contribution in [0.4, 0.5) is 5.69 Å². The minimum Gasteiger partial charge on any atom is -0.344 e. The van der Waals surface area contributed by atoms with E-state index in [1.165, 1.54) is 6.07 Å². The van der Waals surface area contributed by atoms with Crippen LogP contribution in [0.2, 0.25) is 0 Å². The van der Waals surface area contributed by atoms with Gasteiger partial charge in [-0.2, -0.15) is 0 Å². The van der Waals surface area contributed by atoms with Crippen molar-refractivity contribution >= 4 is 31.3 Å².